The Hall–Kier alpha value is -4.54. The maximum absolute atomic E-state index is 14.8. The molecule has 0 unspecified atom stereocenters. The number of sulfonamides is 1. The first-order chi connectivity index (χ1) is 23.7. The van der Waals surface area contributed by atoms with E-state index in [0.717, 1.165) is 47.5 Å². The molecule has 0 radical (unpaired) electrons. The third-order valence-corrected chi connectivity index (χ3v) is 10.8. The topological polar surface area (TPSA) is 105 Å². The van der Waals surface area contributed by atoms with Crippen LogP contribution < -0.4 is 19.1 Å². The highest BCUT2D eigenvalue weighted by atomic mass is 35.5. The Morgan fingerprint density at radius 3 is 2.12 bits per heavy atom. The molecule has 1 atom stereocenters. The minimum atomic E-state index is -4.31. The van der Waals surface area contributed by atoms with Gasteiger partial charge in [0, 0.05) is 24.0 Å². The number of hydrogen-bond donors (Lipinski definition) is 1. The molecule has 4 aromatic rings. The zero-order valence-electron chi connectivity index (χ0n) is 27.8. The molecule has 5 rings (SSSR count). The number of hydrogen-bond acceptors (Lipinski definition) is 6. The number of carbonyl (C=O) groups excluding carboxylic acids is 2. The van der Waals surface area contributed by atoms with Crippen molar-refractivity contribution in [3.63, 3.8) is 0 Å². The largest absolute Gasteiger partial charge is 0.497 e. The van der Waals surface area contributed by atoms with Gasteiger partial charge in [-0.15, -0.1) is 0 Å². The second kappa shape index (κ2) is 16.7. The molecule has 4 aromatic carbocycles. The zero-order valence-corrected chi connectivity index (χ0v) is 29.3. The first kappa shape index (κ1) is 35.8. The van der Waals surface area contributed by atoms with E-state index in [1.54, 1.807) is 60.7 Å². The monoisotopic (exact) mass is 703 g/mol. The van der Waals surface area contributed by atoms with E-state index in [2.05, 4.69) is 5.32 Å². The Balaban J connectivity index is 1.58. The van der Waals surface area contributed by atoms with Gasteiger partial charge in [0.2, 0.25) is 11.8 Å². The van der Waals surface area contributed by atoms with Crippen LogP contribution in [0.3, 0.4) is 0 Å². The van der Waals surface area contributed by atoms with Crippen molar-refractivity contribution in [2.75, 3.05) is 25.1 Å². The molecule has 258 valence electrons. The maximum atomic E-state index is 14.8. The molecule has 0 spiro atoms. The molecule has 1 saturated carbocycles. The normalized spacial score (nSPS) is 14.0. The Labute approximate surface area is 293 Å². The van der Waals surface area contributed by atoms with Crippen LogP contribution in [0.15, 0.2) is 108 Å². The molecule has 1 fully saturated rings. The van der Waals surface area contributed by atoms with Gasteiger partial charge in [0.1, 0.15) is 24.1 Å². The fraction of sp³-hybridized carbons (Fsp3) is 0.316. The van der Waals surface area contributed by atoms with Crippen LogP contribution in [0.4, 0.5) is 5.69 Å². The Morgan fingerprint density at radius 2 is 1.47 bits per heavy atom. The minimum absolute atomic E-state index is 0.00698. The lowest BCUT2D eigenvalue weighted by atomic mass is 9.94. The summed E-state index contributed by atoms with van der Waals surface area (Å²) >= 11 is 6.19. The van der Waals surface area contributed by atoms with Gasteiger partial charge in [-0.05, 0) is 72.5 Å². The van der Waals surface area contributed by atoms with Crippen LogP contribution in [0, 0.1) is 0 Å². The molecule has 11 heteroatoms. The Bertz CT molecular complexity index is 1800. The van der Waals surface area contributed by atoms with Crippen molar-refractivity contribution in [1.29, 1.82) is 0 Å². The first-order valence-electron chi connectivity index (χ1n) is 16.4. The van der Waals surface area contributed by atoms with Gasteiger partial charge in [-0.3, -0.25) is 13.9 Å². The van der Waals surface area contributed by atoms with Crippen LogP contribution >= 0.6 is 11.6 Å². The van der Waals surface area contributed by atoms with Crippen molar-refractivity contribution in [2.45, 2.75) is 62.0 Å². The molecule has 1 aliphatic rings. The number of carbonyl (C=O) groups is 2. The van der Waals surface area contributed by atoms with Crippen molar-refractivity contribution in [2.24, 2.45) is 0 Å². The van der Waals surface area contributed by atoms with Gasteiger partial charge < -0.3 is 19.7 Å². The zero-order chi connectivity index (χ0) is 34.8. The van der Waals surface area contributed by atoms with E-state index >= 15 is 0 Å². The van der Waals surface area contributed by atoms with Crippen molar-refractivity contribution in [3.8, 4) is 11.5 Å². The summed E-state index contributed by atoms with van der Waals surface area (Å²) in [6.45, 7) is -0.543. The highest BCUT2D eigenvalue weighted by Gasteiger charge is 2.36. The van der Waals surface area contributed by atoms with Gasteiger partial charge in [0.05, 0.1) is 24.8 Å². The molecular weight excluding hydrogens is 662 g/mol. The SMILES string of the molecule is COc1ccc(S(=O)(=O)N(CC(=O)N(Cc2ccc(Cl)cc2)[C@H](Cc2ccccc2)C(=O)NC2CCCCC2)c2ccccc2OC)cc1. The van der Waals surface area contributed by atoms with Gasteiger partial charge >= 0.3 is 0 Å². The summed E-state index contributed by atoms with van der Waals surface area (Å²) in [6.07, 6.45) is 5.16. The number of para-hydroxylation sites is 2. The lowest BCUT2D eigenvalue weighted by Gasteiger charge is -2.35. The highest BCUT2D eigenvalue weighted by molar-refractivity contribution is 7.92. The molecule has 1 N–H and O–H groups in total. The van der Waals surface area contributed by atoms with Crippen molar-refractivity contribution in [3.05, 3.63) is 119 Å². The minimum Gasteiger partial charge on any atom is -0.497 e. The molecule has 0 saturated heterocycles. The van der Waals surface area contributed by atoms with Crippen LogP contribution in [0.2, 0.25) is 5.02 Å². The van der Waals surface area contributed by atoms with Gasteiger partial charge in [-0.1, -0.05) is 85.5 Å². The molecule has 0 heterocycles. The molecule has 1 aliphatic carbocycles. The van der Waals surface area contributed by atoms with E-state index in [1.807, 2.05) is 30.3 Å². The van der Waals surface area contributed by atoms with Crippen LogP contribution in [-0.2, 0) is 32.6 Å². The predicted octanol–water partition coefficient (Wildman–Crippen LogP) is 6.64. The lowest BCUT2D eigenvalue weighted by Crippen LogP contribution is -2.55. The molecule has 0 aromatic heterocycles. The van der Waals surface area contributed by atoms with Gasteiger partial charge in [-0.25, -0.2) is 8.42 Å². The van der Waals surface area contributed by atoms with E-state index < -0.39 is 28.5 Å². The van der Waals surface area contributed by atoms with Crippen LogP contribution in [-0.4, -0.2) is 58.0 Å². The Kier molecular flexibility index (Phi) is 12.2. The molecular formula is C38H42ClN3O6S. The first-order valence-corrected chi connectivity index (χ1v) is 18.2. The third-order valence-electron chi connectivity index (χ3n) is 8.77. The van der Waals surface area contributed by atoms with Gasteiger partial charge in [-0.2, -0.15) is 0 Å². The molecule has 2 amide bonds. The standard InChI is InChI=1S/C38H42ClN3O6S/c1-47-32-21-23-33(24-22-32)49(45,46)42(34-15-9-10-16-36(34)48-2)27-37(43)41(26-29-17-19-30(39)20-18-29)35(25-28-11-5-3-6-12-28)38(44)40-31-13-7-4-8-14-31/h3,5-6,9-12,15-24,31,35H,4,7-8,13-14,25-27H2,1-2H3,(H,40,44)/t35-/m1/s1. The molecule has 0 bridgehead atoms. The number of methoxy groups -OCH3 is 2. The maximum Gasteiger partial charge on any atom is 0.264 e. The van der Waals surface area contributed by atoms with Gasteiger partial charge in [0.25, 0.3) is 10.0 Å². The lowest BCUT2D eigenvalue weighted by molar-refractivity contribution is -0.140. The summed E-state index contributed by atoms with van der Waals surface area (Å²) in [5.41, 5.74) is 1.79. The third kappa shape index (κ3) is 9.13. The second-order valence-corrected chi connectivity index (χ2v) is 14.4. The molecule has 0 aliphatic heterocycles. The summed E-state index contributed by atoms with van der Waals surface area (Å²) in [4.78, 5) is 30.5. The van der Waals surface area contributed by atoms with Crippen molar-refractivity contribution < 1.29 is 27.5 Å². The number of ether oxygens (including phenoxy) is 2. The fourth-order valence-corrected chi connectivity index (χ4v) is 7.66. The van der Waals surface area contributed by atoms with E-state index in [4.69, 9.17) is 21.1 Å². The molecule has 49 heavy (non-hydrogen) atoms. The summed E-state index contributed by atoms with van der Waals surface area (Å²) in [7, 11) is -1.38. The number of rotatable bonds is 14. The van der Waals surface area contributed by atoms with E-state index in [9.17, 15) is 18.0 Å². The average Bonchev–Trinajstić information content (AvgIpc) is 3.13. The number of nitrogens with zero attached hydrogens (tertiary/aromatic N) is 2. The van der Waals surface area contributed by atoms with Crippen molar-refractivity contribution >= 4 is 39.1 Å². The van der Waals surface area contributed by atoms with Gasteiger partial charge in [0.15, 0.2) is 0 Å². The van der Waals surface area contributed by atoms with Crippen LogP contribution in [0.1, 0.15) is 43.2 Å². The summed E-state index contributed by atoms with van der Waals surface area (Å²) in [5.74, 6) is -0.0779. The van der Waals surface area contributed by atoms with Crippen molar-refractivity contribution in [1.82, 2.24) is 10.2 Å². The smallest absolute Gasteiger partial charge is 0.264 e. The number of amides is 2. The van der Waals surface area contributed by atoms with Crippen LogP contribution in [0.25, 0.3) is 0 Å². The number of anilines is 1. The molecule has 9 nitrogen and oxygen atoms in total. The number of benzene rings is 4. The fourth-order valence-electron chi connectivity index (χ4n) is 6.11. The quantitative estimate of drug-likeness (QED) is 0.158. The van der Waals surface area contributed by atoms with E-state index in [-0.39, 0.29) is 41.2 Å². The van der Waals surface area contributed by atoms with E-state index in [1.165, 1.54) is 31.3 Å². The number of halogens is 1. The second-order valence-electron chi connectivity index (χ2n) is 12.1. The predicted molar refractivity (Wildman–Crippen MR) is 191 cm³/mol. The number of nitrogens with one attached hydrogen (secondary N) is 1. The van der Waals surface area contributed by atoms with Crippen LogP contribution in [0.5, 0.6) is 11.5 Å². The highest BCUT2D eigenvalue weighted by Crippen LogP contribution is 2.33. The summed E-state index contributed by atoms with van der Waals surface area (Å²) in [6, 6.07) is 28.2. The average molecular weight is 704 g/mol. The Morgan fingerprint density at radius 1 is 0.816 bits per heavy atom. The summed E-state index contributed by atoms with van der Waals surface area (Å²) < 4.78 is 40.6. The summed E-state index contributed by atoms with van der Waals surface area (Å²) in [5, 5.41) is 3.75. The van der Waals surface area contributed by atoms with E-state index in [0.29, 0.717) is 10.8 Å².